The predicted octanol–water partition coefficient (Wildman–Crippen LogP) is 4.53. The van der Waals surface area contributed by atoms with Crippen molar-refractivity contribution in [3.63, 3.8) is 0 Å². The first-order chi connectivity index (χ1) is 14.2. The molecule has 0 atom stereocenters. The Morgan fingerprint density at radius 3 is 2.69 bits per heavy atom. The first-order valence-electron chi connectivity index (χ1n) is 10.3. The Kier molecular flexibility index (Phi) is 4.87. The van der Waals surface area contributed by atoms with Gasteiger partial charge < -0.3 is 15.6 Å². The highest BCUT2D eigenvalue weighted by molar-refractivity contribution is 6.29. The standard InChI is InChI=1S/C22H24ClN5O/c23-19-10-14(18-12-25-21-17(18)2-1-9-24-21)11-20(28-19)26-15-5-7-16(8-6-15)27-22(29)13-3-4-13/h1-2,9-13,15-16H,3-8H2,(H,24,25)(H,26,28)(H,27,29). The number of rotatable bonds is 5. The highest BCUT2D eigenvalue weighted by Crippen LogP contribution is 2.32. The van der Waals surface area contributed by atoms with Crippen molar-refractivity contribution in [1.82, 2.24) is 20.3 Å². The van der Waals surface area contributed by atoms with E-state index in [0.29, 0.717) is 17.2 Å². The van der Waals surface area contributed by atoms with Gasteiger partial charge in [0.25, 0.3) is 0 Å². The zero-order valence-electron chi connectivity index (χ0n) is 16.1. The number of carbonyl (C=O) groups is 1. The van der Waals surface area contributed by atoms with Gasteiger partial charge in [-0.25, -0.2) is 9.97 Å². The van der Waals surface area contributed by atoms with Crippen molar-refractivity contribution in [3.8, 4) is 11.1 Å². The summed E-state index contributed by atoms with van der Waals surface area (Å²) in [4.78, 5) is 24.0. The van der Waals surface area contributed by atoms with E-state index in [-0.39, 0.29) is 11.8 Å². The monoisotopic (exact) mass is 409 g/mol. The lowest BCUT2D eigenvalue weighted by Gasteiger charge is -2.30. The second-order valence-corrected chi connectivity index (χ2v) is 8.53. The lowest BCUT2D eigenvalue weighted by atomic mass is 9.91. The topological polar surface area (TPSA) is 82.7 Å². The van der Waals surface area contributed by atoms with Crippen molar-refractivity contribution in [2.75, 3.05) is 5.32 Å². The fourth-order valence-corrected chi connectivity index (χ4v) is 4.39. The largest absolute Gasteiger partial charge is 0.367 e. The summed E-state index contributed by atoms with van der Waals surface area (Å²) in [5, 5.41) is 8.28. The molecule has 0 saturated heterocycles. The fraction of sp³-hybridized carbons (Fsp3) is 0.409. The molecule has 0 unspecified atom stereocenters. The van der Waals surface area contributed by atoms with Gasteiger partial charge in [0.2, 0.25) is 5.91 Å². The van der Waals surface area contributed by atoms with Crippen LogP contribution in [0.15, 0.2) is 36.7 Å². The molecule has 0 spiro atoms. The predicted molar refractivity (Wildman–Crippen MR) is 115 cm³/mol. The first kappa shape index (κ1) is 18.4. The third kappa shape index (κ3) is 4.08. The Morgan fingerprint density at radius 1 is 1.10 bits per heavy atom. The third-order valence-corrected chi connectivity index (χ3v) is 6.12. The number of hydrogen-bond acceptors (Lipinski definition) is 4. The van der Waals surface area contributed by atoms with Gasteiger partial charge in [0.15, 0.2) is 0 Å². The Labute approximate surface area is 174 Å². The molecule has 2 aliphatic carbocycles. The molecule has 6 nitrogen and oxygen atoms in total. The van der Waals surface area contributed by atoms with Crippen LogP contribution >= 0.6 is 11.6 Å². The molecule has 0 bridgehead atoms. The molecule has 29 heavy (non-hydrogen) atoms. The molecule has 150 valence electrons. The van der Waals surface area contributed by atoms with Gasteiger partial charge in [0, 0.05) is 41.3 Å². The van der Waals surface area contributed by atoms with Crippen molar-refractivity contribution < 1.29 is 4.79 Å². The summed E-state index contributed by atoms with van der Waals surface area (Å²) < 4.78 is 0. The first-order valence-corrected chi connectivity index (χ1v) is 10.7. The maximum Gasteiger partial charge on any atom is 0.223 e. The van der Waals surface area contributed by atoms with E-state index in [1.165, 1.54) is 0 Å². The zero-order chi connectivity index (χ0) is 19.8. The van der Waals surface area contributed by atoms with Gasteiger partial charge in [0.05, 0.1) is 0 Å². The van der Waals surface area contributed by atoms with E-state index in [1.807, 2.05) is 30.5 Å². The molecular formula is C22H24ClN5O. The summed E-state index contributed by atoms with van der Waals surface area (Å²) in [6.45, 7) is 0. The van der Waals surface area contributed by atoms with Crippen LogP contribution in [0.25, 0.3) is 22.2 Å². The maximum absolute atomic E-state index is 12.0. The number of amides is 1. The number of anilines is 1. The highest BCUT2D eigenvalue weighted by atomic mass is 35.5. The molecule has 5 rings (SSSR count). The molecule has 3 aromatic rings. The van der Waals surface area contributed by atoms with Crippen LogP contribution in [0.1, 0.15) is 38.5 Å². The minimum atomic E-state index is 0.246. The van der Waals surface area contributed by atoms with Crippen molar-refractivity contribution in [2.45, 2.75) is 50.6 Å². The Balaban J connectivity index is 1.27. The van der Waals surface area contributed by atoms with Crippen LogP contribution in [0.2, 0.25) is 5.15 Å². The molecule has 7 heteroatoms. The van der Waals surface area contributed by atoms with Gasteiger partial charge in [-0.2, -0.15) is 0 Å². The van der Waals surface area contributed by atoms with Crippen molar-refractivity contribution in [2.24, 2.45) is 5.92 Å². The zero-order valence-corrected chi connectivity index (χ0v) is 16.9. The highest BCUT2D eigenvalue weighted by Gasteiger charge is 2.32. The Morgan fingerprint density at radius 2 is 1.90 bits per heavy atom. The normalized spacial score (nSPS) is 21.8. The molecule has 0 aliphatic heterocycles. The van der Waals surface area contributed by atoms with Crippen LogP contribution in [0.4, 0.5) is 5.82 Å². The average molecular weight is 410 g/mol. The molecule has 2 aliphatic rings. The summed E-state index contributed by atoms with van der Waals surface area (Å²) >= 11 is 6.33. The number of halogens is 1. The molecule has 0 aromatic carbocycles. The van der Waals surface area contributed by atoms with E-state index in [0.717, 1.165) is 66.5 Å². The number of carbonyl (C=O) groups excluding carboxylic acids is 1. The van der Waals surface area contributed by atoms with E-state index >= 15 is 0 Å². The minimum Gasteiger partial charge on any atom is -0.367 e. The summed E-state index contributed by atoms with van der Waals surface area (Å²) in [6.07, 6.45) is 9.86. The number of aromatic amines is 1. The van der Waals surface area contributed by atoms with Crippen LogP contribution in [0.3, 0.4) is 0 Å². The number of H-pyrrole nitrogens is 1. The molecule has 0 radical (unpaired) electrons. The lowest BCUT2D eigenvalue weighted by molar-refractivity contribution is -0.123. The van der Waals surface area contributed by atoms with Crippen LogP contribution in [0.5, 0.6) is 0 Å². The second kappa shape index (κ2) is 7.67. The van der Waals surface area contributed by atoms with Crippen LogP contribution in [-0.2, 0) is 4.79 Å². The average Bonchev–Trinajstić information content (AvgIpc) is 3.48. The van der Waals surface area contributed by atoms with Gasteiger partial charge in [-0.1, -0.05) is 11.6 Å². The summed E-state index contributed by atoms with van der Waals surface area (Å²) in [6, 6.07) is 8.56. The fourth-order valence-electron chi connectivity index (χ4n) is 4.18. The molecule has 3 aromatic heterocycles. The quantitative estimate of drug-likeness (QED) is 0.541. The number of fused-ring (bicyclic) bond motifs is 1. The molecule has 1 amide bonds. The summed E-state index contributed by atoms with van der Waals surface area (Å²) in [7, 11) is 0. The van der Waals surface area contributed by atoms with Gasteiger partial charge in [-0.05, 0) is 68.4 Å². The molecular weight excluding hydrogens is 386 g/mol. The number of nitrogens with zero attached hydrogens (tertiary/aromatic N) is 2. The van der Waals surface area contributed by atoms with E-state index < -0.39 is 0 Å². The van der Waals surface area contributed by atoms with Crippen LogP contribution in [0, 0.1) is 5.92 Å². The van der Waals surface area contributed by atoms with Crippen molar-refractivity contribution in [1.29, 1.82) is 0 Å². The van der Waals surface area contributed by atoms with E-state index in [2.05, 4.69) is 25.6 Å². The third-order valence-electron chi connectivity index (χ3n) is 5.93. The van der Waals surface area contributed by atoms with Gasteiger partial charge in [0.1, 0.15) is 16.6 Å². The van der Waals surface area contributed by atoms with E-state index in [4.69, 9.17) is 11.6 Å². The van der Waals surface area contributed by atoms with Crippen molar-refractivity contribution >= 4 is 34.4 Å². The van der Waals surface area contributed by atoms with E-state index in [9.17, 15) is 4.79 Å². The molecule has 2 saturated carbocycles. The van der Waals surface area contributed by atoms with E-state index in [1.54, 1.807) is 6.20 Å². The SMILES string of the molecule is O=C(NC1CCC(Nc2cc(-c3c[nH]c4ncccc34)cc(Cl)n2)CC1)C1CC1. The number of pyridine rings is 2. The number of nitrogens with one attached hydrogen (secondary N) is 3. The lowest BCUT2D eigenvalue weighted by Crippen LogP contribution is -2.40. The van der Waals surface area contributed by atoms with Gasteiger partial charge >= 0.3 is 0 Å². The Bertz CT molecular complexity index is 1040. The number of aromatic nitrogens is 3. The minimum absolute atomic E-state index is 0.246. The maximum atomic E-state index is 12.0. The summed E-state index contributed by atoms with van der Waals surface area (Å²) in [5.74, 6) is 1.31. The van der Waals surface area contributed by atoms with Crippen LogP contribution < -0.4 is 10.6 Å². The second-order valence-electron chi connectivity index (χ2n) is 8.14. The molecule has 2 fully saturated rings. The molecule has 3 N–H and O–H groups in total. The van der Waals surface area contributed by atoms with Gasteiger partial charge in [-0.3, -0.25) is 4.79 Å². The van der Waals surface area contributed by atoms with Crippen LogP contribution in [-0.4, -0.2) is 32.9 Å². The molecule has 3 heterocycles. The summed E-state index contributed by atoms with van der Waals surface area (Å²) in [5.41, 5.74) is 2.93. The number of hydrogen-bond donors (Lipinski definition) is 3. The Hall–Kier alpha value is -2.60. The van der Waals surface area contributed by atoms with Crippen molar-refractivity contribution in [3.05, 3.63) is 41.8 Å². The van der Waals surface area contributed by atoms with Gasteiger partial charge in [-0.15, -0.1) is 0 Å². The smallest absolute Gasteiger partial charge is 0.223 e.